The highest BCUT2D eigenvalue weighted by Crippen LogP contribution is 2.17. The number of hydrogen-bond acceptors (Lipinski definition) is 4. The summed E-state index contributed by atoms with van der Waals surface area (Å²) in [5, 5.41) is 5.11. The number of carbonyl (C=O) groups is 1. The lowest BCUT2D eigenvalue weighted by Crippen LogP contribution is -2.19. The molecule has 0 fully saturated rings. The van der Waals surface area contributed by atoms with Gasteiger partial charge in [0.1, 0.15) is 0 Å². The summed E-state index contributed by atoms with van der Waals surface area (Å²) >= 11 is 0. The molecule has 1 aromatic carbocycles. The molecule has 0 heterocycles. The van der Waals surface area contributed by atoms with E-state index < -0.39 is 16.0 Å². The van der Waals surface area contributed by atoms with E-state index in [0.717, 1.165) is 25.7 Å². The zero-order valence-corrected chi connectivity index (χ0v) is 13.4. The molecule has 0 aliphatic heterocycles. The van der Waals surface area contributed by atoms with Crippen molar-refractivity contribution in [3.05, 3.63) is 29.8 Å². The van der Waals surface area contributed by atoms with E-state index >= 15 is 0 Å². The second kappa shape index (κ2) is 8.14. The highest BCUT2D eigenvalue weighted by atomic mass is 32.2. The molecule has 0 aromatic heterocycles. The molecule has 0 saturated heterocycles. The van der Waals surface area contributed by atoms with E-state index in [4.69, 9.17) is 9.88 Å². The molecule has 0 radical (unpaired) electrons. The fourth-order valence-electron chi connectivity index (χ4n) is 2.05. The topological polar surface area (TPSA) is 86.5 Å². The fraction of sp³-hybridized carbons (Fsp3) is 0.533. The third-order valence-electron chi connectivity index (χ3n) is 3.41. The molecular formula is C15H23NO4S. The summed E-state index contributed by atoms with van der Waals surface area (Å²) in [4.78, 5) is 11.9. The lowest BCUT2D eigenvalue weighted by molar-refractivity contribution is 0.0423. The van der Waals surface area contributed by atoms with Crippen LogP contribution in [-0.2, 0) is 14.8 Å². The van der Waals surface area contributed by atoms with Crippen LogP contribution >= 0.6 is 0 Å². The van der Waals surface area contributed by atoms with Gasteiger partial charge in [0.2, 0.25) is 10.0 Å². The summed E-state index contributed by atoms with van der Waals surface area (Å²) in [5.74, 6) is -0.342. The molecular weight excluding hydrogens is 290 g/mol. The lowest BCUT2D eigenvalue weighted by atomic mass is 10.0. The molecule has 0 bridgehead atoms. The number of esters is 1. The van der Waals surface area contributed by atoms with Crippen molar-refractivity contribution >= 4 is 16.0 Å². The minimum absolute atomic E-state index is 0.00894. The summed E-state index contributed by atoms with van der Waals surface area (Å²) < 4.78 is 28.2. The standard InChI is InChI=1S/C15H23NO4S/c1-3-5-8-12(4-2)11-20-15(17)13-9-6-7-10-14(13)21(16,18)19/h6-7,9-10,12H,3-5,8,11H2,1-2H3,(H2,16,18,19). The van der Waals surface area contributed by atoms with Gasteiger partial charge in [0, 0.05) is 0 Å². The average Bonchev–Trinajstić information content (AvgIpc) is 2.46. The van der Waals surface area contributed by atoms with Gasteiger partial charge in [0.15, 0.2) is 0 Å². The number of primary sulfonamides is 1. The molecule has 0 saturated carbocycles. The third-order valence-corrected chi connectivity index (χ3v) is 4.38. The van der Waals surface area contributed by atoms with Crippen LogP contribution in [0.3, 0.4) is 0 Å². The second-order valence-corrected chi connectivity index (χ2v) is 6.59. The first-order chi connectivity index (χ1) is 9.90. The molecule has 1 rings (SSSR count). The number of ether oxygens (including phenoxy) is 1. The molecule has 0 amide bonds. The molecule has 118 valence electrons. The monoisotopic (exact) mass is 313 g/mol. The lowest BCUT2D eigenvalue weighted by Gasteiger charge is -2.15. The first-order valence-corrected chi connectivity index (χ1v) is 8.73. The van der Waals surface area contributed by atoms with Crippen LogP contribution < -0.4 is 5.14 Å². The highest BCUT2D eigenvalue weighted by molar-refractivity contribution is 7.89. The Labute approximate surface area is 126 Å². The number of nitrogens with two attached hydrogens (primary N) is 1. The zero-order valence-electron chi connectivity index (χ0n) is 12.5. The van der Waals surface area contributed by atoms with Gasteiger partial charge in [0.25, 0.3) is 0 Å². The predicted octanol–water partition coefficient (Wildman–Crippen LogP) is 2.71. The van der Waals surface area contributed by atoms with Crippen molar-refractivity contribution in [2.75, 3.05) is 6.61 Å². The Morgan fingerprint density at radius 1 is 1.29 bits per heavy atom. The van der Waals surface area contributed by atoms with Crippen molar-refractivity contribution in [1.82, 2.24) is 0 Å². The molecule has 1 atom stereocenters. The van der Waals surface area contributed by atoms with Gasteiger partial charge < -0.3 is 4.74 Å². The summed E-state index contributed by atoms with van der Waals surface area (Å²) in [6.07, 6.45) is 4.10. The number of unbranched alkanes of at least 4 members (excludes halogenated alkanes) is 1. The van der Waals surface area contributed by atoms with Gasteiger partial charge in [-0.05, 0) is 24.5 Å². The van der Waals surface area contributed by atoms with Crippen LogP contribution in [-0.4, -0.2) is 21.0 Å². The molecule has 0 aliphatic carbocycles. The molecule has 1 aromatic rings. The van der Waals surface area contributed by atoms with E-state index in [-0.39, 0.29) is 10.5 Å². The van der Waals surface area contributed by atoms with E-state index in [2.05, 4.69) is 6.92 Å². The molecule has 2 N–H and O–H groups in total. The summed E-state index contributed by atoms with van der Waals surface area (Å²) in [7, 11) is -3.94. The SMILES string of the molecule is CCCCC(CC)COC(=O)c1ccccc1S(N)(=O)=O. The number of rotatable bonds is 8. The van der Waals surface area contributed by atoms with Crippen LogP contribution in [0.4, 0.5) is 0 Å². The Morgan fingerprint density at radius 3 is 2.52 bits per heavy atom. The maximum Gasteiger partial charge on any atom is 0.339 e. The van der Waals surface area contributed by atoms with Crippen molar-refractivity contribution in [3.63, 3.8) is 0 Å². The number of benzene rings is 1. The Bertz CT molecular complexity index is 569. The van der Waals surface area contributed by atoms with Crippen LogP contribution in [0.15, 0.2) is 29.2 Å². The van der Waals surface area contributed by atoms with Crippen molar-refractivity contribution in [2.45, 2.75) is 44.4 Å². The van der Waals surface area contributed by atoms with E-state index in [1.165, 1.54) is 18.2 Å². The van der Waals surface area contributed by atoms with Crippen LogP contribution in [0.1, 0.15) is 49.9 Å². The molecule has 0 spiro atoms. The molecule has 0 aliphatic rings. The Hall–Kier alpha value is -1.40. The third kappa shape index (κ3) is 5.47. The Balaban J connectivity index is 2.77. The van der Waals surface area contributed by atoms with Gasteiger partial charge in [-0.25, -0.2) is 18.4 Å². The normalized spacial score (nSPS) is 12.9. The maximum atomic E-state index is 12.1. The quantitative estimate of drug-likeness (QED) is 0.748. The van der Waals surface area contributed by atoms with E-state index in [1.807, 2.05) is 6.92 Å². The van der Waals surface area contributed by atoms with Crippen LogP contribution in [0.2, 0.25) is 0 Å². The van der Waals surface area contributed by atoms with Crippen molar-refractivity contribution in [1.29, 1.82) is 0 Å². The van der Waals surface area contributed by atoms with E-state index in [1.54, 1.807) is 6.07 Å². The Morgan fingerprint density at radius 2 is 1.95 bits per heavy atom. The zero-order chi connectivity index (χ0) is 15.9. The van der Waals surface area contributed by atoms with Gasteiger partial charge in [-0.15, -0.1) is 0 Å². The average molecular weight is 313 g/mol. The number of sulfonamides is 1. The molecule has 6 heteroatoms. The Kier molecular flexibility index (Phi) is 6.84. The summed E-state index contributed by atoms with van der Waals surface area (Å²) in [5.41, 5.74) is -0.00894. The smallest absolute Gasteiger partial charge is 0.339 e. The molecule has 5 nitrogen and oxygen atoms in total. The van der Waals surface area contributed by atoms with Crippen molar-refractivity contribution in [3.8, 4) is 0 Å². The van der Waals surface area contributed by atoms with Gasteiger partial charge in [-0.2, -0.15) is 0 Å². The first kappa shape index (κ1) is 17.7. The van der Waals surface area contributed by atoms with Gasteiger partial charge in [-0.3, -0.25) is 0 Å². The minimum atomic E-state index is -3.94. The number of hydrogen-bond donors (Lipinski definition) is 1. The minimum Gasteiger partial charge on any atom is -0.462 e. The van der Waals surface area contributed by atoms with Crippen molar-refractivity contribution in [2.24, 2.45) is 11.1 Å². The van der Waals surface area contributed by atoms with E-state index in [9.17, 15) is 13.2 Å². The van der Waals surface area contributed by atoms with Crippen LogP contribution in [0.25, 0.3) is 0 Å². The number of carbonyl (C=O) groups excluding carboxylic acids is 1. The maximum absolute atomic E-state index is 12.1. The molecule has 21 heavy (non-hydrogen) atoms. The first-order valence-electron chi connectivity index (χ1n) is 7.19. The highest BCUT2D eigenvalue weighted by Gasteiger charge is 2.20. The summed E-state index contributed by atoms with van der Waals surface area (Å²) in [6.45, 7) is 4.46. The largest absolute Gasteiger partial charge is 0.462 e. The fourth-order valence-corrected chi connectivity index (χ4v) is 2.78. The van der Waals surface area contributed by atoms with E-state index in [0.29, 0.717) is 12.5 Å². The second-order valence-electron chi connectivity index (χ2n) is 5.06. The van der Waals surface area contributed by atoms with Gasteiger partial charge in [0.05, 0.1) is 17.1 Å². The van der Waals surface area contributed by atoms with Crippen molar-refractivity contribution < 1.29 is 17.9 Å². The predicted molar refractivity (Wildman–Crippen MR) is 81.4 cm³/mol. The van der Waals surface area contributed by atoms with Gasteiger partial charge in [-0.1, -0.05) is 45.2 Å². The van der Waals surface area contributed by atoms with Crippen LogP contribution in [0.5, 0.6) is 0 Å². The van der Waals surface area contributed by atoms with Gasteiger partial charge >= 0.3 is 5.97 Å². The molecule has 1 unspecified atom stereocenters. The summed E-state index contributed by atoms with van der Waals surface area (Å²) in [6, 6.07) is 5.82. The van der Waals surface area contributed by atoms with Crippen LogP contribution in [0, 0.1) is 5.92 Å².